The molecule has 0 unspecified atom stereocenters. The van der Waals surface area contributed by atoms with E-state index in [0.717, 1.165) is 57.8 Å². The van der Waals surface area contributed by atoms with Crippen LogP contribution in [0.5, 0.6) is 0 Å². The molecule has 2 N–H and O–H groups in total. The van der Waals surface area contributed by atoms with E-state index < -0.39 is 0 Å². The van der Waals surface area contributed by atoms with Gasteiger partial charge in [-0.1, -0.05) is 37.3 Å². The van der Waals surface area contributed by atoms with Crippen LogP contribution in [0.25, 0.3) is 0 Å². The van der Waals surface area contributed by atoms with Crippen molar-refractivity contribution in [2.75, 3.05) is 26.7 Å². The van der Waals surface area contributed by atoms with Gasteiger partial charge in [-0.2, -0.15) is 0 Å². The molecule has 0 bridgehead atoms. The summed E-state index contributed by atoms with van der Waals surface area (Å²) >= 11 is 1.75. The van der Waals surface area contributed by atoms with Crippen LogP contribution < -0.4 is 10.6 Å². The Morgan fingerprint density at radius 3 is 2.64 bits per heavy atom. The minimum absolute atomic E-state index is 0. The maximum atomic E-state index is 4.62. The molecule has 0 saturated carbocycles. The number of likely N-dealkylation sites (tertiary alicyclic amines) is 1. The number of guanidine groups is 1. The maximum absolute atomic E-state index is 4.62. The summed E-state index contributed by atoms with van der Waals surface area (Å²) in [5, 5.41) is 10.4. The summed E-state index contributed by atoms with van der Waals surface area (Å²) in [6, 6.07) is 11.2. The fourth-order valence-electron chi connectivity index (χ4n) is 3.40. The topological polar surface area (TPSA) is 52.6 Å². The van der Waals surface area contributed by atoms with Gasteiger partial charge in [0.15, 0.2) is 5.96 Å². The monoisotopic (exact) mass is 513 g/mol. The lowest BCUT2D eigenvalue weighted by Gasteiger charge is -2.33. The molecule has 0 aliphatic carbocycles. The first kappa shape index (κ1) is 23.1. The summed E-state index contributed by atoms with van der Waals surface area (Å²) in [5.41, 5.74) is 2.57. The third-order valence-corrected chi connectivity index (χ3v) is 6.02. The van der Waals surface area contributed by atoms with Gasteiger partial charge < -0.3 is 10.6 Å². The average Bonchev–Trinajstić information content (AvgIpc) is 3.17. The quantitative estimate of drug-likeness (QED) is 0.337. The molecule has 3 rings (SSSR count). The fraction of sp³-hybridized carbons (Fsp3) is 0.524. The first-order valence-electron chi connectivity index (χ1n) is 9.93. The number of aryl methyl sites for hydroxylation is 1. The molecule has 28 heavy (non-hydrogen) atoms. The Morgan fingerprint density at radius 2 is 2.00 bits per heavy atom. The lowest BCUT2D eigenvalue weighted by molar-refractivity contribution is 0.198. The van der Waals surface area contributed by atoms with Crippen molar-refractivity contribution in [1.29, 1.82) is 0 Å². The zero-order valence-electron chi connectivity index (χ0n) is 16.9. The highest BCUT2D eigenvalue weighted by molar-refractivity contribution is 14.0. The Morgan fingerprint density at radius 1 is 1.25 bits per heavy atom. The van der Waals surface area contributed by atoms with Gasteiger partial charge in [0, 0.05) is 51.1 Å². The van der Waals surface area contributed by atoms with Crippen LogP contribution in [0.15, 0.2) is 40.7 Å². The van der Waals surface area contributed by atoms with Crippen molar-refractivity contribution < 1.29 is 0 Å². The third-order valence-electron chi connectivity index (χ3n) is 4.98. The van der Waals surface area contributed by atoms with E-state index in [0.29, 0.717) is 6.04 Å². The van der Waals surface area contributed by atoms with Crippen molar-refractivity contribution in [3.05, 3.63) is 52.0 Å². The molecular formula is C21H32IN5S. The lowest BCUT2D eigenvalue weighted by atomic mass is 10.0. The zero-order chi connectivity index (χ0) is 18.9. The molecule has 1 fully saturated rings. The van der Waals surface area contributed by atoms with Gasteiger partial charge in [0.05, 0.1) is 10.7 Å². The van der Waals surface area contributed by atoms with Crippen molar-refractivity contribution >= 4 is 41.3 Å². The largest absolute Gasteiger partial charge is 0.356 e. The standard InChI is InChI=1S/C21H31N5S.HI/c1-3-20-24-19(16-27-20)9-12-23-21(22-2)25-18-10-13-26(14-11-18)15-17-7-5-4-6-8-17;/h4-8,16,18H,3,9-15H2,1-2H3,(H2,22,23,25);1H. The minimum Gasteiger partial charge on any atom is -0.356 e. The van der Waals surface area contributed by atoms with E-state index >= 15 is 0 Å². The Labute approximate surface area is 190 Å². The first-order chi connectivity index (χ1) is 13.3. The van der Waals surface area contributed by atoms with Gasteiger partial charge in [0.25, 0.3) is 0 Å². The second-order valence-corrected chi connectivity index (χ2v) is 7.96. The van der Waals surface area contributed by atoms with Gasteiger partial charge in [-0.15, -0.1) is 35.3 Å². The maximum Gasteiger partial charge on any atom is 0.191 e. The summed E-state index contributed by atoms with van der Waals surface area (Å²) in [7, 11) is 1.85. The van der Waals surface area contributed by atoms with Crippen LogP contribution in [0.3, 0.4) is 0 Å². The van der Waals surface area contributed by atoms with Gasteiger partial charge in [0.2, 0.25) is 0 Å². The molecule has 0 radical (unpaired) electrons. The molecule has 5 nitrogen and oxygen atoms in total. The van der Waals surface area contributed by atoms with E-state index in [1.54, 1.807) is 11.3 Å². The summed E-state index contributed by atoms with van der Waals surface area (Å²) < 4.78 is 0. The number of nitrogens with one attached hydrogen (secondary N) is 2. The summed E-state index contributed by atoms with van der Waals surface area (Å²) in [6.45, 7) is 6.31. The Balaban J connectivity index is 0.00000280. The van der Waals surface area contributed by atoms with Gasteiger partial charge in [-0.3, -0.25) is 9.89 Å². The molecule has 1 aromatic carbocycles. The molecule has 1 aliphatic rings. The van der Waals surface area contributed by atoms with Crippen LogP contribution in [0.2, 0.25) is 0 Å². The van der Waals surface area contributed by atoms with Crippen molar-refractivity contribution in [3.8, 4) is 0 Å². The van der Waals surface area contributed by atoms with Gasteiger partial charge in [-0.05, 0) is 24.8 Å². The van der Waals surface area contributed by atoms with E-state index in [4.69, 9.17) is 0 Å². The molecular weight excluding hydrogens is 481 g/mol. The van der Waals surface area contributed by atoms with Gasteiger partial charge in [-0.25, -0.2) is 4.98 Å². The second kappa shape index (κ2) is 12.4. The Hall–Kier alpha value is -1.19. The molecule has 2 aromatic rings. The van der Waals surface area contributed by atoms with Crippen LogP contribution in [0, 0.1) is 0 Å². The fourth-order valence-corrected chi connectivity index (χ4v) is 4.18. The number of piperidine rings is 1. The van der Waals surface area contributed by atoms with E-state index in [2.05, 4.69) is 68.1 Å². The predicted octanol–water partition coefficient (Wildman–Crippen LogP) is 3.70. The highest BCUT2D eigenvalue weighted by Crippen LogP contribution is 2.14. The van der Waals surface area contributed by atoms with Crippen LogP contribution in [0.1, 0.15) is 36.0 Å². The number of rotatable bonds is 7. The second-order valence-electron chi connectivity index (χ2n) is 7.02. The molecule has 0 atom stereocenters. The molecule has 0 spiro atoms. The van der Waals surface area contributed by atoms with Gasteiger partial charge in [0.1, 0.15) is 0 Å². The number of aliphatic imine (C=N–C) groups is 1. The average molecular weight is 513 g/mol. The van der Waals surface area contributed by atoms with Crippen molar-refractivity contribution in [3.63, 3.8) is 0 Å². The smallest absolute Gasteiger partial charge is 0.191 e. The van der Waals surface area contributed by atoms with Crippen molar-refractivity contribution in [1.82, 2.24) is 20.5 Å². The lowest BCUT2D eigenvalue weighted by Crippen LogP contribution is -2.48. The number of benzene rings is 1. The summed E-state index contributed by atoms with van der Waals surface area (Å²) in [4.78, 5) is 11.5. The molecule has 1 aromatic heterocycles. The molecule has 154 valence electrons. The summed E-state index contributed by atoms with van der Waals surface area (Å²) in [5.74, 6) is 0.905. The van der Waals surface area contributed by atoms with Crippen LogP contribution in [-0.2, 0) is 19.4 Å². The molecule has 0 amide bonds. The molecule has 1 saturated heterocycles. The van der Waals surface area contributed by atoms with E-state index in [1.165, 1.54) is 16.3 Å². The molecule has 1 aliphatic heterocycles. The number of nitrogens with zero attached hydrogens (tertiary/aromatic N) is 3. The Kier molecular flexibility index (Phi) is 10.2. The third kappa shape index (κ3) is 7.33. The minimum atomic E-state index is 0. The highest BCUT2D eigenvalue weighted by atomic mass is 127. The van der Waals surface area contributed by atoms with E-state index in [9.17, 15) is 0 Å². The number of hydrogen-bond donors (Lipinski definition) is 2. The zero-order valence-corrected chi connectivity index (χ0v) is 20.0. The number of hydrogen-bond acceptors (Lipinski definition) is 4. The van der Waals surface area contributed by atoms with Crippen molar-refractivity contribution in [2.24, 2.45) is 4.99 Å². The van der Waals surface area contributed by atoms with E-state index in [-0.39, 0.29) is 24.0 Å². The first-order valence-corrected chi connectivity index (χ1v) is 10.8. The van der Waals surface area contributed by atoms with Gasteiger partial charge >= 0.3 is 0 Å². The predicted molar refractivity (Wildman–Crippen MR) is 130 cm³/mol. The molecule has 2 heterocycles. The number of thiazole rings is 1. The Bertz CT molecular complexity index is 711. The number of aromatic nitrogens is 1. The summed E-state index contributed by atoms with van der Waals surface area (Å²) in [6.07, 6.45) is 4.26. The normalized spacial score (nSPS) is 15.9. The highest BCUT2D eigenvalue weighted by Gasteiger charge is 2.19. The van der Waals surface area contributed by atoms with Crippen LogP contribution >= 0.6 is 35.3 Å². The van der Waals surface area contributed by atoms with Crippen molar-refractivity contribution in [2.45, 2.75) is 45.2 Å². The van der Waals surface area contributed by atoms with E-state index in [1.807, 2.05) is 7.05 Å². The SMILES string of the molecule is CCc1nc(CCNC(=NC)NC2CCN(Cc3ccccc3)CC2)cs1.I. The van der Waals surface area contributed by atoms with Crippen LogP contribution in [-0.4, -0.2) is 48.6 Å². The van der Waals surface area contributed by atoms with Crippen LogP contribution in [0.4, 0.5) is 0 Å². The number of halogens is 1. The molecule has 7 heteroatoms.